The van der Waals surface area contributed by atoms with Gasteiger partial charge >= 0.3 is 11.9 Å². The maximum Gasteiger partial charge on any atom is 0.326 e. The first-order chi connectivity index (χ1) is 18.4. The number of carbonyl (C=O) groups excluding carboxylic acids is 3. The third-order valence-electron chi connectivity index (χ3n) is 5.45. The number of nitrogens with zero attached hydrogens (tertiary/aromatic N) is 1. The van der Waals surface area contributed by atoms with Crippen LogP contribution in [0.3, 0.4) is 0 Å². The lowest BCUT2D eigenvalue weighted by molar-refractivity contribution is -0.142. The van der Waals surface area contributed by atoms with E-state index in [9.17, 15) is 29.1 Å². The van der Waals surface area contributed by atoms with Crippen LogP contribution in [0.4, 0.5) is 0 Å². The molecule has 14 nitrogen and oxygen atoms in total. The van der Waals surface area contributed by atoms with Crippen molar-refractivity contribution in [2.24, 2.45) is 22.2 Å². The Morgan fingerprint density at radius 2 is 1.46 bits per heavy atom. The Bertz CT molecular complexity index is 1010. The summed E-state index contributed by atoms with van der Waals surface area (Å²) < 4.78 is 0. The van der Waals surface area contributed by atoms with Crippen LogP contribution in [0.1, 0.15) is 31.2 Å². The van der Waals surface area contributed by atoms with Gasteiger partial charge in [-0.1, -0.05) is 30.3 Å². The maximum atomic E-state index is 13.1. The van der Waals surface area contributed by atoms with E-state index in [1.54, 1.807) is 36.6 Å². The molecule has 0 aromatic heterocycles. The largest absolute Gasteiger partial charge is 0.481 e. The number of guanidine groups is 1. The van der Waals surface area contributed by atoms with Crippen LogP contribution in [-0.2, 0) is 30.4 Å². The van der Waals surface area contributed by atoms with E-state index in [4.69, 9.17) is 22.3 Å². The minimum Gasteiger partial charge on any atom is -0.481 e. The van der Waals surface area contributed by atoms with E-state index in [1.807, 2.05) is 0 Å². The van der Waals surface area contributed by atoms with Crippen molar-refractivity contribution in [3.05, 3.63) is 35.9 Å². The van der Waals surface area contributed by atoms with Gasteiger partial charge in [-0.25, -0.2) is 4.79 Å². The van der Waals surface area contributed by atoms with Gasteiger partial charge in [0.25, 0.3) is 0 Å². The minimum atomic E-state index is -1.37. The van der Waals surface area contributed by atoms with E-state index in [2.05, 4.69) is 20.9 Å². The molecule has 0 saturated heterocycles. The Balaban J connectivity index is 3.05. The first-order valence-corrected chi connectivity index (χ1v) is 13.5. The van der Waals surface area contributed by atoms with Crippen molar-refractivity contribution in [3.8, 4) is 0 Å². The maximum absolute atomic E-state index is 13.1. The van der Waals surface area contributed by atoms with Crippen LogP contribution in [-0.4, -0.2) is 88.6 Å². The fourth-order valence-corrected chi connectivity index (χ4v) is 3.90. The highest BCUT2D eigenvalue weighted by molar-refractivity contribution is 7.98. The molecule has 0 saturated carbocycles. The van der Waals surface area contributed by atoms with Crippen molar-refractivity contribution in [2.75, 3.05) is 18.6 Å². The van der Waals surface area contributed by atoms with Crippen molar-refractivity contribution in [1.82, 2.24) is 16.0 Å². The highest BCUT2D eigenvalue weighted by Gasteiger charge is 2.30. The second kappa shape index (κ2) is 17.6. The number of nitrogens with one attached hydrogen (secondary N) is 3. The summed E-state index contributed by atoms with van der Waals surface area (Å²) in [7, 11) is 0. The molecule has 4 atom stereocenters. The molecular weight excluding hydrogens is 530 g/mol. The molecule has 1 aromatic rings. The topological polar surface area (TPSA) is 252 Å². The Hall–Kier alpha value is -3.85. The number of aliphatic imine (C=N–C) groups is 1. The van der Waals surface area contributed by atoms with Crippen molar-refractivity contribution in [1.29, 1.82) is 0 Å². The molecule has 0 aliphatic carbocycles. The van der Waals surface area contributed by atoms with E-state index in [-0.39, 0.29) is 38.2 Å². The van der Waals surface area contributed by atoms with Crippen LogP contribution in [0.2, 0.25) is 0 Å². The summed E-state index contributed by atoms with van der Waals surface area (Å²) in [4.78, 5) is 65.3. The summed E-state index contributed by atoms with van der Waals surface area (Å²) in [5.74, 6) is -4.50. The zero-order chi connectivity index (χ0) is 29.4. The van der Waals surface area contributed by atoms with E-state index in [1.165, 1.54) is 11.8 Å². The lowest BCUT2D eigenvalue weighted by Crippen LogP contribution is -2.57. The quantitative estimate of drug-likeness (QED) is 0.0568. The molecule has 1 aromatic carbocycles. The Morgan fingerprint density at radius 3 is 2.00 bits per heavy atom. The van der Waals surface area contributed by atoms with Crippen LogP contribution < -0.4 is 33.2 Å². The number of carboxylic acid groups (broad SMARTS) is 2. The van der Waals surface area contributed by atoms with Crippen molar-refractivity contribution < 1.29 is 34.2 Å². The van der Waals surface area contributed by atoms with Crippen molar-refractivity contribution in [2.45, 2.75) is 56.3 Å². The molecule has 0 aliphatic heterocycles. The summed E-state index contributed by atoms with van der Waals surface area (Å²) in [5, 5.41) is 26.0. The molecule has 0 aliphatic rings. The molecule has 39 heavy (non-hydrogen) atoms. The molecule has 4 unspecified atom stereocenters. The predicted molar refractivity (Wildman–Crippen MR) is 147 cm³/mol. The summed E-state index contributed by atoms with van der Waals surface area (Å²) in [6.07, 6.45) is 1.70. The Morgan fingerprint density at radius 1 is 0.897 bits per heavy atom. The fraction of sp³-hybridized carbons (Fsp3) is 0.500. The van der Waals surface area contributed by atoms with Crippen LogP contribution in [0.5, 0.6) is 0 Å². The van der Waals surface area contributed by atoms with Gasteiger partial charge in [-0.3, -0.25) is 24.2 Å². The number of carboxylic acids is 2. The third kappa shape index (κ3) is 13.5. The van der Waals surface area contributed by atoms with E-state index in [0.717, 1.165) is 0 Å². The van der Waals surface area contributed by atoms with Crippen LogP contribution in [0.25, 0.3) is 0 Å². The highest BCUT2D eigenvalue weighted by Crippen LogP contribution is 2.08. The smallest absolute Gasteiger partial charge is 0.326 e. The lowest BCUT2D eigenvalue weighted by Gasteiger charge is -2.25. The number of hydrogen-bond donors (Lipinski definition) is 8. The number of carbonyl (C=O) groups is 5. The standard InChI is InChI=1S/C24H37N7O7S/c1-39-11-9-17(29-20(34)15(25)13-19(32)33)22(36)30-16(8-5-10-28-24(26)27)21(35)31-18(23(37)38)12-14-6-3-2-4-7-14/h2-4,6-7,15-18H,5,8-13,25H2,1H3,(H,29,34)(H,30,36)(H,31,35)(H,32,33)(H,37,38)(H4,26,27,28). The number of hydrogen-bond acceptors (Lipinski definition) is 8. The van der Waals surface area contributed by atoms with Crippen LogP contribution >= 0.6 is 11.8 Å². The molecule has 0 spiro atoms. The first kappa shape index (κ1) is 33.2. The number of benzene rings is 1. The lowest BCUT2D eigenvalue weighted by atomic mass is 10.0. The number of thioether (sulfide) groups is 1. The first-order valence-electron chi connectivity index (χ1n) is 12.1. The van der Waals surface area contributed by atoms with Crippen molar-refractivity contribution in [3.63, 3.8) is 0 Å². The van der Waals surface area contributed by atoms with E-state index >= 15 is 0 Å². The molecule has 3 amide bonds. The monoisotopic (exact) mass is 567 g/mol. The fourth-order valence-electron chi connectivity index (χ4n) is 3.43. The molecule has 11 N–H and O–H groups in total. The SMILES string of the molecule is CSCCC(NC(=O)C(N)CC(=O)O)C(=O)NC(CCCN=C(N)N)C(=O)NC(Cc1ccccc1)C(=O)O. The zero-order valence-electron chi connectivity index (χ0n) is 21.7. The average Bonchev–Trinajstić information content (AvgIpc) is 2.87. The van der Waals surface area contributed by atoms with Crippen LogP contribution in [0, 0.1) is 0 Å². The molecule has 0 bridgehead atoms. The predicted octanol–water partition coefficient (Wildman–Crippen LogP) is -1.62. The molecular formula is C24H37N7O7S. The van der Waals surface area contributed by atoms with E-state index < -0.39 is 60.2 Å². The summed E-state index contributed by atoms with van der Waals surface area (Å²) in [6, 6.07) is 3.79. The van der Waals surface area contributed by atoms with Gasteiger partial charge in [0.1, 0.15) is 18.1 Å². The van der Waals surface area contributed by atoms with Gasteiger partial charge in [0.05, 0.1) is 12.5 Å². The van der Waals surface area contributed by atoms with Crippen LogP contribution in [0.15, 0.2) is 35.3 Å². The third-order valence-corrected chi connectivity index (χ3v) is 6.09. The van der Waals surface area contributed by atoms with Crippen molar-refractivity contribution >= 4 is 47.4 Å². The number of aliphatic carboxylic acids is 2. The second-order valence-electron chi connectivity index (χ2n) is 8.65. The highest BCUT2D eigenvalue weighted by atomic mass is 32.2. The Labute approximate surface area is 230 Å². The Kier molecular flexibility index (Phi) is 15.0. The molecule has 0 heterocycles. The molecule has 216 valence electrons. The normalized spacial score (nSPS) is 13.7. The average molecular weight is 568 g/mol. The number of nitrogens with two attached hydrogens (primary N) is 3. The van der Waals surface area contributed by atoms with Gasteiger partial charge in [-0.2, -0.15) is 11.8 Å². The summed E-state index contributed by atoms with van der Waals surface area (Å²) in [6.45, 7) is 0.158. The van der Waals surface area contributed by atoms with Gasteiger partial charge in [0.15, 0.2) is 5.96 Å². The number of amides is 3. The zero-order valence-corrected chi connectivity index (χ0v) is 22.5. The molecule has 1 rings (SSSR count). The van der Waals surface area contributed by atoms with Gasteiger partial charge in [0, 0.05) is 13.0 Å². The van der Waals surface area contributed by atoms with Gasteiger partial charge in [-0.15, -0.1) is 0 Å². The molecule has 15 heteroatoms. The van der Waals surface area contributed by atoms with E-state index in [0.29, 0.717) is 11.3 Å². The second-order valence-corrected chi connectivity index (χ2v) is 9.63. The summed E-state index contributed by atoms with van der Waals surface area (Å²) >= 11 is 1.41. The summed E-state index contributed by atoms with van der Waals surface area (Å²) in [5.41, 5.74) is 17.0. The van der Waals surface area contributed by atoms with Gasteiger partial charge in [-0.05, 0) is 36.8 Å². The minimum absolute atomic E-state index is 0.0183. The number of rotatable bonds is 18. The molecule has 0 fully saturated rings. The molecule has 0 radical (unpaired) electrons. The van der Waals surface area contributed by atoms with Gasteiger partial charge in [0.2, 0.25) is 17.7 Å². The van der Waals surface area contributed by atoms with Gasteiger partial charge < -0.3 is 43.4 Å².